The maximum atomic E-state index is 12.4. The van der Waals surface area contributed by atoms with E-state index in [1.165, 1.54) is 5.56 Å². The number of ether oxygens (including phenoxy) is 1. The van der Waals surface area contributed by atoms with E-state index in [9.17, 15) is 4.79 Å². The Labute approximate surface area is 124 Å². The molecule has 0 N–H and O–H groups in total. The van der Waals surface area contributed by atoms with Gasteiger partial charge in [0.25, 0.3) is 5.89 Å². The molecule has 0 aliphatic rings. The van der Waals surface area contributed by atoms with Gasteiger partial charge in [-0.05, 0) is 69.4 Å². The Morgan fingerprint density at radius 1 is 0.952 bits per heavy atom. The zero-order valence-electron chi connectivity index (χ0n) is 13.3. The molecule has 0 atom stereocenters. The fourth-order valence-electron chi connectivity index (χ4n) is 2.40. The Morgan fingerprint density at radius 3 is 1.95 bits per heavy atom. The Kier molecular flexibility index (Phi) is 4.11. The van der Waals surface area contributed by atoms with E-state index in [0.29, 0.717) is 17.3 Å². The molecular formula is C16H20N2O3. The highest BCUT2D eigenvalue weighted by Crippen LogP contribution is 2.26. The van der Waals surface area contributed by atoms with Crippen molar-refractivity contribution in [3.63, 3.8) is 0 Å². The van der Waals surface area contributed by atoms with Crippen molar-refractivity contribution in [3.8, 4) is 0 Å². The summed E-state index contributed by atoms with van der Waals surface area (Å²) in [5, 5.41) is 3.66. The maximum absolute atomic E-state index is 12.4. The van der Waals surface area contributed by atoms with Crippen LogP contribution in [0.2, 0.25) is 0 Å². The van der Waals surface area contributed by atoms with E-state index in [4.69, 9.17) is 9.26 Å². The van der Waals surface area contributed by atoms with Crippen LogP contribution >= 0.6 is 0 Å². The second-order valence-corrected chi connectivity index (χ2v) is 5.31. The summed E-state index contributed by atoms with van der Waals surface area (Å²) in [5.41, 5.74) is 6.02. The van der Waals surface area contributed by atoms with Gasteiger partial charge in [-0.25, -0.2) is 4.79 Å². The molecule has 0 amide bonds. The van der Waals surface area contributed by atoms with Crippen molar-refractivity contribution in [1.82, 2.24) is 10.1 Å². The van der Waals surface area contributed by atoms with Crippen LogP contribution in [0.4, 0.5) is 0 Å². The smallest absolute Gasteiger partial charge is 0.339 e. The standard InChI is InChI=1S/C16H20N2O3/c1-8-9(2)11(4)15(12(5)10(8)3)16(19)20-7-14-17-13(6)18-21-14/h7H2,1-6H3. The zero-order chi connectivity index (χ0) is 15.7. The second kappa shape index (κ2) is 5.68. The first kappa shape index (κ1) is 15.2. The molecule has 0 aliphatic carbocycles. The number of rotatable bonds is 3. The Morgan fingerprint density at radius 2 is 1.48 bits per heavy atom. The van der Waals surface area contributed by atoms with Crippen LogP contribution in [0.15, 0.2) is 4.52 Å². The van der Waals surface area contributed by atoms with Gasteiger partial charge in [-0.15, -0.1) is 0 Å². The number of nitrogens with zero attached hydrogens (tertiary/aromatic N) is 2. The van der Waals surface area contributed by atoms with Crippen LogP contribution in [0, 0.1) is 41.5 Å². The van der Waals surface area contributed by atoms with Crippen LogP contribution in [0.25, 0.3) is 0 Å². The van der Waals surface area contributed by atoms with Crippen LogP contribution in [0.3, 0.4) is 0 Å². The van der Waals surface area contributed by atoms with Gasteiger partial charge in [0.05, 0.1) is 5.56 Å². The van der Waals surface area contributed by atoms with Crippen molar-refractivity contribution in [2.45, 2.75) is 48.1 Å². The summed E-state index contributed by atoms with van der Waals surface area (Å²) < 4.78 is 10.2. The van der Waals surface area contributed by atoms with Crippen molar-refractivity contribution >= 4 is 5.97 Å². The van der Waals surface area contributed by atoms with E-state index in [2.05, 4.69) is 17.1 Å². The maximum Gasteiger partial charge on any atom is 0.339 e. The van der Waals surface area contributed by atoms with Gasteiger partial charge in [0.1, 0.15) is 0 Å². The van der Waals surface area contributed by atoms with Gasteiger partial charge in [0, 0.05) is 0 Å². The lowest BCUT2D eigenvalue weighted by Gasteiger charge is -2.17. The summed E-state index contributed by atoms with van der Waals surface area (Å²) >= 11 is 0. The van der Waals surface area contributed by atoms with Gasteiger partial charge in [-0.2, -0.15) is 4.98 Å². The van der Waals surface area contributed by atoms with E-state index in [0.717, 1.165) is 22.3 Å². The number of esters is 1. The minimum atomic E-state index is -0.355. The number of aryl methyl sites for hydroxylation is 1. The number of hydrogen-bond acceptors (Lipinski definition) is 5. The predicted octanol–water partition coefficient (Wildman–Crippen LogP) is 3.28. The molecule has 0 aliphatic heterocycles. The summed E-state index contributed by atoms with van der Waals surface area (Å²) in [7, 11) is 0. The minimum absolute atomic E-state index is 0.00940. The Hall–Kier alpha value is -2.17. The first-order valence-electron chi connectivity index (χ1n) is 6.86. The number of carbonyl (C=O) groups excluding carboxylic acids is 1. The molecule has 2 rings (SSSR count). The normalized spacial score (nSPS) is 10.8. The van der Waals surface area contributed by atoms with E-state index in [1.54, 1.807) is 6.92 Å². The van der Waals surface area contributed by atoms with Crippen molar-refractivity contribution in [1.29, 1.82) is 0 Å². The number of benzene rings is 1. The molecule has 112 valence electrons. The highest BCUT2D eigenvalue weighted by atomic mass is 16.6. The molecule has 0 unspecified atom stereocenters. The molecule has 0 fully saturated rings. The van der Waals surface area contributed by atoms with Gasteiger partial charge in [-0.1, -0.05) is 5.16 Å². The van der Waals surface area contributed by atoms with E-state index >= 15 is 0 Å². The van der Waals surface area contributed by atoms with Gasteiger partial charge < -0.3 is 9.26 Å². The third kappa shape index (κ3) is 2.82. The zero-order valence-corrected chi connectivity index (χ0v) is 13.3. The molecule has 0 bridgehead atoms. The monoisotopic (exact) mass is 288 g/mol. The molecule has 1 aromatic heterocycles. The quantitative estimate of drug-likeness (QED) is 0.811. The third-order valence-corrected chi connectivity index (χ3v) is 4.10. The lowest BCUT2D eigenvalue weighted by Crippen LogP contribution is -2.12. The number of hydrogen-bond donors (Lipinski definition) is 0. The SMILES string of the molecule is Cc1noc(COC(=O)c2c(C)c(C)c(C)c(C)c2C)n1. The molecule has 21 heavy (non-hydrogen) atoms. The van der Waals surface area contributed by atoms with Crippen LogP contribution in [-0.2, 0) is 11.3 Å². The molecule has 0 saturated heterocycles. The van der Waals surface area contributed by atoms with Gasteiger partial charge >= 0.3 is 5.97 Å². The molecular weight excluding hydrogens is 268 g/mol. The molecule has 2 aromatic rings. The minimum Gasteiger partial charge on any atom is -0.452 e. The molecule has 0 spiro atoms. The summed E-state index contributed by atoms with van der Waals surface area (Å²) in [5.74, 6) is 0.471. The molecule has 0 radical (unpaired) electrons. The van der Waals surface area contributed by atoms with Crippen LogP contribution in [0.1, 0.15) is 49.9 Å². The average Bonchev–Trinajstić information content (AvgIpc) is 2.86. The predicted molar refractivity (Wildman–Crippen MR) is 78.3 cm³/mol. The fraction of sp³-hybridized carbons (Fsp3) is 0.438. The van der Waals surface area contributed by atoms with Crippen molar-refractivity contribution in [2.75, 3.05) is 0 Å². The van der Waals surface area contributed by atoms with Gasteiger partial charge in [0.15, 0.2) is 12.4 Å². The topological polar surface area (TPSA) is 65.2 Å². The lowest BCUT2D eigenvalue weighted by molar-refractivity contribution is 0.0428. The van der Waals surface area contributed by atoms with E-state index in [-0.39, 0.29) is 12.6 Å². The summed E-state index contributed by atoms with van der Waals surface area (Å²) in [6, 6.07) is 0. The third-order valence-electron chi connectivity index (χ3n) is 4.10. The highest BCUT2D eigenvalue weighted by Gasteiger charge is 2.20. The van der Waals surface area contributed by atoms with Crippen LogP contribution < -0.4 is 0 Å². The van der Waals surface area contributed by atoms with Gasteiger partial charge in [0.2, 0.25) is 0 Å². The van der Waals surface area contributed by atoms with Crippen LogP contribution in [-0.4, -0.2) is 16.1 Å². The van der Waals surface area contributed by atoms with Crippen molar-refractivity contribution in [3.05, 3.63) is 45.1 Å². The molecule has 1 aromatic carbocycles. The summed E-state index contributed by atoms with van der Waals surface area (Å²) in [6.07, 6.45) is 0. The summed E-state index contributed by atoms with van der Waals surface area (Å²) in [6.45, 7) is 11.7. The number of carbonyl (C=O) groups is 1. The van der Waals surface area contributed by atoms with Crippen molar-refractivity contribution < 1.29 is 14.1 Å². The largest absolute Gasteiger partial charge is 0.452 e. The number of aromatic nitrogens is 2. The Bertz CT molecular complexity index is 673. The van der Waals surface area contributed by atoms with E-state index < -0.39 is 0 Å². The molecule has 0 saturated carbocycles. The van der Waals surface area contributed by atoms with Crippen molar-refractivity contribution in [2.24, 2.45) is 0 Å². The first-order valence-corrected chi connectivity index (χ1v) is 6.86. The molecule has 5 heteroatoms. The summed E-state index contributed by atoms with van der Waals surface area (Å²) in [4.78, 5) is 16.4. The first-order chi connectivity index (χ1) is 9.82. The molecule has 5 nitrogen and oxygen atoms in total. The second-order valence-electron chi connectivity index (χ2n) is 5.31. The highest BCUT2D eigenvalue weighted by molar-refractivity contribution is 5.93. The lowest BCUT2D eigenvalue weighted by atomic mass is 9.90. The van der Waals surface area contributed by atoms with Crippen LogP contribution in [0.5, 0.6) is 0 Å². The molecule has 1 heterocycles. The Balaban J connectivity index is 2.27. The average molecular weight is 288 g/mol. The van der Waals surface area contributed by atoms with Gasteiger partial charge in [-0.3, -0.25) is 0 Å². The van der Waals surface area contributed by atoms with E-state index in [1.807, 2.05) is 27.7 Å². The fourth-order valence-corrected chi connectivity index (χ4v) is 2.40.